The average Bonchev–Trinajstić information content (AvgIpc) is 3.02. The fraction of sp³-hybridized carbons (Fsp3) is 0.300. The van der Waals surface area contributed by atoms with E-state index in [9.17, 15) is 9.59 Å². The molecule has 0 aliphatic carbocycles. The van der Waals surface area contributed by atoms with Gasteiger partial charge in [0.1, 0.15) is 0 Å². The number of benzene rings is 2. The lowest BCUT2D eigenvalue weighted by Crippen LogP contribution is -2.23. The molecule has 0 aromatic heterocycles. The lowest BCUT2D eigenvalue weighted by molar-refractivity contribution is -0.117. The predicted molar refractivity (Wildman–Crippen MR) is 96.4 cm³/mol. The molecule has 1 N–H and O–H groups in total. The molecule has 2 aromatic rings. The van der Waals surface area contributed by atoms with Crippen LogP contribution >= 0.6 is 0 Å². The summed E-state index contributed by atoms with van der Waals surface area (Å²) in [5, 5.41) is 2.91. The number of hydrogen-bond donors (Lipinski definition) is 1. The van der Waals surface area contributed by atoms with Gasteiger partial charge in [-0.1, -0.05) is 31.5 Å². The van der Waals surface area contributed by atoms with E-state index < -0.39 is 0 Å². The topological polar surface area (TPSA) is 49.4 Å². The molecule has 0 spiro atoms. The van der Waals surface area contributed by atoms with E-state index in [1.807, 2.05) is 48.5 Å². The van der Waals surface area contributed by atoms with E-state index in [4.69, 9.17) is 0 Å². The summed E-state index contributed by atoms with van der Waals surface area (Å²) in [7, 11) is 0. The molecule has 1 fully saturated rings. The third-order valence-corrected chi connectivity index (χ3v) is 4.24. The first-order valence-electron chi connectivity index (χ1n) is 8.48. The molecule has 0 atom stereocenters. The molecule has 24 heavy (non-hydrogen) atoms. The van der Waals surface area contributed by atoms with Crippen LogP contribution in [0.4, 0.5) is 11.4 Å². The molecule has 3 rings (SSSR count). The lowest BCUT2D eigenvalue weighted by atomic mass is 10.1. The van der Waals surface area contributed by atoms with Gasteiger partial charge in [-0.05, 0) is 48.7 Å². The van der Waals surface area contributed by atoms with Gasteiger partial charge in [0, 0.05) is 29.9 Å². The number of carbonyl (C=O) groups is 2. The zero-order chi connectivity index (χ0) is 16.9. The standard InChI is InChI=1S/C20H22N2O2/c1-2-5-15-9-11-16(12-10-15)20(24)21-17-6-3-7-18(14-17)22-13-4-8-19(22)23/h3,6-7,9-12,14H,2,4-5,8,13H2,1H3,(H,21,24). The summed E-state index contributed by atoms with van der Waals surface area (Å²) in [6.07, 6.45) is 3.60. The minimum absolute atomic E-state index is 0.136. The second kappa shape index (κ2) is 7.30. The molecule has 0 unspecified atom stereocenters. The van der Waals surface area contributed by atoms with Gasteiger partial charge in [0.15, 0.2) is 0 Å². The minimum Gasteiger partial charge on any atom is -0.322 e. The second-order valence-electron chi connectivity index (χ2n) is 6.10. The number of anilines is 2. The number of nitrogens with one attached hydrogen (secondary N) is 1. The van der Waals surface area contributed by atoms with Crippen LogP contribution < -0.4 is 10.2 Å². The highest BCUT2D eigenvalue weighted by Gasteiger charge is 2.21. The van der Waals surface area contributed by atoms with Crippen LogP contribution in [0, 0.1) is 0 Å². The maximum Gasteiger partial charge on any atom is 0.255 e. The Labute approximate surface area is 142 Å². The normalized spacial score (nSPS) is 14.0. The second-order valence-corrected chi connectivity index (χ2v) is 6.10. The highest BCUT2D eigenvalue weighted by molar-refractivity contribution is 6.05. The van der Waals surface area contributed by atoms with E-state index in [0.717, 1.165) is 31.5 Å². The predicted octanol–water partition coefficient (Wildman–Crippen LogP) is 4.02. The Morgan fingerprint density at radius 2 is 1.96 bits per heavy atom. The lowest BCUT2D eigenvalue weighted by Gasteiger charge is -2.16. The van der Waals surface area contributed by atoms with E-state index in [-0.39, 0.29) is 11.8 Å². The molecule has 4 nitrogen and oxygen atoms in total. The van der Waals surface area contributed by atoms with Gasteiger partial charge in [-0.2, -0.15) is 0 Å². The Hall–Kier alpha value is -2.62. The number of hydrogen-bond acceptors (Lipinski definition) is 2. The fourth-order valence-electron chi connectivity index (χ4n) is 2.99. The van der Waals surface area contributed by atoms with E-state index in [2.05, 4.69) is 12.2 Å². The number of amides is 2. The van der Waals surface area contributed by atoms with Gasteiger partial charge in [-0.15, -0.1) is 0 Å². The zero-order valence-electron chi connectivity index (χ0n) is 13.9. The Balaban J connectivity index is 1.71. The highest BCUT2D eigenvalue weighted by atomic mass is 16.2. The monoisotopic (exact) mass is 322 g/mol. The van der Waals surface area contributed by atoms with Crippen molar-refractivity contribution < 1.29 is 9.59 Å². The van der Waals surface area contributed by atoms with Crippen LogP contribution in [-0.2, 0) is 11.2 Å². The summed E-state index contributed by atoms with van der Waals surface area (Å²) in [5.74, 6) is 0.00735. The van der Waals surface area contributed by atoms with Crippen molar-refractivity contribution in [1.82, 2.24) is 0 Å². The Kier molecular flexibility index (Phi) is 4.94. The van der Waals surface area contributed by atoms with Crippen molar-refractivity contribution in [3.05, 3.63) is 59.7 Å². The minimum atomic E-state index is -0.136. The van der Waals surface area contributed by atoms with Crippen molar-refractivity contribution in [3.63, 3.8) is 0 Å². The van der Waals surface area contributed by atoms with Gasteiger partial charge in [-0.3, -0.25) is 9.59 Å². The third kappa shape index (κ3) is 3.65. The van der Waals surface area contributed by atoms with E-state index in [0.29, 0.717) is 17.7 Å². The van der Waals surface area contributed by atoms with Crippen LogP contribution in [0.5, 0.6) is 0 Å². The van der Waals surface area contributed by atoms with Crippen molar-refractivity contribution in [2.45, 2.75) is 32.6 Å². The van der Waals surface area contributed by atoms with Gasteiger partial charge in [0.25, 0.3) is 5.91 Å². The number of nitrogens with zero attached hydrogens (tertiary/aromatic N) is 1. The van der Waals surface area contributed by atoms with Crippen LogP contribution in [0.3, 0.4) is 0 Å². The summed E-state index contributed by atoms with van der Waals surface area (Å²) < 4.78 is 0. The van der Waals surface area contributed by atoms with Crippen molar-refractivity contribution in [2.24, 2.45) is 0 Å². The van der Waals surface area contributed by atoms with Crippen molar-refractivity contribution in [1.29, 1.82) is 0 Å². The number of carbonyl (C=O) groups excluding carboxylic acids is 2. The summed E-state index contributed by atoms with van der Waals surface area (Å²) >= 11 is 0. The van der Waals surface area contributed by atoms with Gasteiger partial charge < -0.3 is 10.2 Å². The van der Waals surface area contributed by atoms with Crippen molar-refractivity contribution >= 4 is 23.2 Å². The van der Waals surface area contributed by atoms with Crippen LogP contribution in [0.15, 0.2) is 48.5 Å². The number of rotatable bonds is 5. The summed E-state index contributed by atoms with van der Waals surface area (Å²) in [6, 6.07) is 15.2. The molecule has 2 amide bonds. The maximum absolute atomic E-state index is 12.4. The molecule has 0 bridgehead atoms. The van der Waals surface area contributed by atoms with Crippen LogP contribution in [-0.4, -0.2) is 18.4 Å². The first kappa shape index (κ1) is 16.2. The molecule has 1 saturated heterocycles. The van der Waals surface area contributed by atoms with Gasteiger partial charge in [0.2, 0.25) is 5.91 Å². The van der Waals surface area contributed by atoms with E-state index >= 15 is 0 Å². The molecule has 0 saturated carbocycles. The largest absolute Gasteiger partial charge is 0.322 e. The Bertz CT molecular complexity index is 738. The summed E-state index contributed by atoms with van der Waals surface area (Å²) in [5.41, 5.74) is 3.42. The maximum atomic E-state index is 12.4. The molecular formula is C20H22N2O2. The van der Waals surface area contributed by atoms with Crippen LogP contribution in [0.1, 0.15) is 42.1 Å². The van der Waals surface area contributed by atoms with Gasteiger partial charge in [0.05, 0.1) is 0 Å². The van der Waals surface area contributed by atoms with Gasteiger partial charge in [-0.25, -0.2) is 0 Å². The fourth-order valence-corrected chi connectivity index (χ4v) is 2.99. The van der Waals surface area contributed by atoms with Crippen LogP contribution in [0.25, 0.3) is 0 Å². The molecule has 1 aliphatic heterocycles. The first-order chi connectivity index (χ1) is 11.7. The van der Waals surface area contributed by atoms with Crippen LogP contribution in [0.2, 0.25) is 0 Å². The zero-order valence-corrected chi connectivity index (χ0v) is 13.9. The first-order valence-corrected chi connectivity index (χ1v) is 8.48. The molecule has 1 heterocycles. The SMILES string of the molecule is CCCc1ccc(C(=O)Nc2cccc(N3CCCC3=O)c2)cc1. The highest BCUT2D eigenvalue weighted by Crippen LogP contribution is 2.24. The summed E-state index contributed by atoms with van der Waals surface area (Å²) in [4.78, 5) is 26.0. The van der Waals surface area contributed by atoms with Gasteiger partial charge >= 0.3 is 0 Å². The average molecular weight is 322 g/mol. The molecule has 1 aliphatic rings. The molecule has 0 radical (unpaired) electrons. The van der Waals surface area contributed by atoms with E-state index in [1.54, 1.807) is 4.90 Å². The number of aryl methyl sites for hydroxylation is 1. The summed E-state index contributed by atoms with van der Waals surface area (Å²) in [6.45, 7) is 2.88. The third-order valence-electron chi connectivity index (χ3n) is 4.24. The van der Waals surface area contributed by atoms with Crippen molar-refractivity contribution in [3.8, 4) is 0 Å². The Morgan fingerprint density at radius 3 is 2.62 bits per heavy atom. The quantitative estimate of drug-likeness (QED) is 0.904. The Morgan fingerprint density at radius 1 is 1.17 bits per heavy atom. The smallest absolute Gasteiger partial charge is 0.255 e. The molecule has 124 valence electrons. The molecule has 4 heteroatoms. The molecular weight excluding hydrogens is 300 g/mol. The molecule has 2 aromatic carbocycles. The van der Waals surface area contributed by atoms with E-state index in [1.165, 1.54) is 5.56 Å². The van der Waals surface area contributed by atoms with Crippen molar-refractivity contribution in [2.75, 3.05) is 16.8 Å².